The van der Waals surface area contributed by atoms with Gasteiger partial charge in [-0.15, -0.1) is 0 Å². The predicted molar refractivity (Wildman–Crippen MR) is 114 cm³/mol. The summed E-state index contributed by atoms with van der Waals surface area (Å²) in [7, 11) is 0. The molecule has 2 aromatic rings. The molecule has 1 fully saturated rings. The van der Waals surface area contributed by atoms with Crippen LogP contribution in [0.3, 0.4) is 0 Å². The normalized spacial score (nSPS) is 19.5. The molecule has 1 aliphatic carbocycles. The topological polar surface area (TPSA) is 85.6 Å². The monoisotopic (exact) mass is 455 g/mol. The van der Waals surface area contributed by atoms with Crippen LogP contribution in [0.2, 0.25) is 0 Å². The molecular weight excluding hydrogens is 432 g/mol. The summed E-state index contributed by atoms with van der Waals surface area (Å²) in [5.41, 5.74) is -0.0603. The molecule has 0 aromatic heterocycles. The molecule has 0 saturated heterocycles. The van der Waals surface area contributed by atoms with E-state index in [2.05, 4.69) is 4.74 Å². The number of carbonyl (C=O) groups is 2. The van der Waals surface area contributed by atoms with E-state index in [4.69, 9.17) is 9.47 Å². The molecule has 0 N–H and O–H groups in total. The molecule has 1 saturated carbocycles. The average Bonchev–Trinajstić information content (AvgIpc) is 3.35. The molecule has 172 valence electrons. The third-order valence-corrected chi connectivity index (χ3v) is 5.45. The van der Waals surface area contributed by atoms with Crippen LogP contribution in [0, 0.1) is 28.6 Å². The van der Waals surface area contributed by atoms with E-state index >= 15 is 0 Å². The number of hydrogen-bond donors (Lipinski definition) is 0. The standard InChI is InChI=1S/C25H23F2NO5/c1-25(2)19(11-12-22(29)31-15-21(26)27)23(25)24(30)33-20(14-28)16-7-6-10-18(13-16)32-17-8-4-3-5-9-17/h3-13,19-21,23H,15H2,1-2H3/t19-,20?,23-/m0/s1. The van der Waals surface area contributed by atoms with Gasteiger partial charge in [0.2, 0.25) is 6.10 Å². The number of para-hydroxylation sites is 1. The molecule has 3 atom stereocenters. The molecule has 2 aromatic carbocycles. The van der Waals surface area contributed by atoms with E-state index in [0.717, 1.165) is 6.08 Å². The highest BCUT2D eigenvalue weighted by atomic mass is 19.3. The van der Waals surface area contributed by atoms with Crippen LogP contribution >= 0.6 is 0 Å². The Morgan fingerprint density at radius 3 is 2.48 bits per heavy atom. The van der Waals surface area contributed by atoms with Crippen molar-refractivity contribution in [2.45, 2.75) is 26.4 Å². The third-order valence-electron chi connectivity index (χ3n) is 5.45. The SMILES string of the molecule is CC1(C)[C@H](C(=O)OC(C#N)c2cccc(Oc3ccccc3)c2)[C@@H]1C=CC(=O)OCC(F)F. The minimum absolute atomic E-state index is 0.351. The Balaban J connectivity index is 1.63. The van der Waals surface area contributed by atoms with Crippen molar-refractivity contribution in [1.29, 1.82) is 5.26 Å². The zero-order valence-electron chi connectivity index (χ0n) is 18.1. The molecule has 3 rings (SSSR count). The number of allylic oxidation sites excluding steroid dienone is 1. The second-order valence-corrected chi connectivity index (χ2v) is 8.14. The van der Waals surface area contributed by atoms with Gasteiger partial charge < -0.3 is 14.2 Å². The molecule has 0 spiro atoms. The van der Waals surface area contributed by atoms with Crippen LogP contribution in [0.25, 0.3) is 0 Å². The van der Waals surface area contributed by atoms with Gasteiger partial charge >= 0.3 is 11.9 Å². The molecule has 1 aliphatic rings. The summed E-state index contributed by atoms with van der Waals surface area (Å²) in [5, 5.41) is 9.58. The number of carbonyl (C=O) groups excluding carboxylic acids is 2. The van der Waals surface area contributed by atoms with Crippen LogP contribution < -0.4 is 4.74 Å². The highest BCUT2D eigenvalue weighted by molar-refractivity contribution is 5.83. The maximum Gasteiger partial charge on any atom is 0.330 e. The predicted octanol–water partition coefficient (Wildman–Crippen LogP) is 5.22. The molecule has 0 amide bonds. The molecule has 0 bridgehead atoms. The summed E-state index contributed by atoms with van der Waals surface area (Å²) >= 11 is 0. The van der Waals surface area contributed by atoms with Gasteiger partial charge in [0.15, 0.2) is 6.61 Å². The molecule has 6 nitrogen and oxygen atoms in total. The summed E-state index contributed by atoms with van der Waals surface area (Å²) in [4.78, 5) is 24.3. The Morgan fingerprint density at radius 1 is 1.12 bits per heavy atom. The largest absolute Gasteiger partial charge is 0.457 e. The number of halogens is 2. The number of benzene rings is 2. The molecular formula is C25H23F2NO5. The van der Waals surface area contributed by atoms with Crippen LogP contribution in [-0.2, 0) is 19.1 Å². The summed E-state index contributed by atoms with van der Waals surface area (Å²) in [6.07, 6.45) is -1.40. The van der Waals surface area contributed by atoms with Crippen molar-refractivity contribution in [2.75, 3.05) is 6.61 Å². The first-order chi connectivity index (χ1) is 15.7. The van der Waals surface area contributed by atoms with Crippen molar-refractivity contribution in [3.8, 4) is 17.6 Å². The van der Waals surface area contributed by atoms with Crippen LogP contribution in [0.1, 0.15) is 25.5 Å². The fraction of sp³-hybridized carbons (Fsp3) is 0.320. The molecule has 0 radical (unpaired) electrons. The lowest BCUT2D eigenvalue weighted by Crippen LogP contribution is -2.14. The highest BCUT2D eigenvalue weighted by Gasteiger charge is 2.61. The summed E-state index contributed by atoms with van der Waals surface area (Å²) in [6, 6.07) is 17.8. The summed E-state index contributed by atoms with van der Waals surface area (Å²) in [5.74, 6) is -1.31. The van der Waals surface area contributed by atoms with Gasteiger partial charge in [-0.1, -0.05) is 50.3 Å². The number of esters is 2. The van der Waals surface area contributed by atoms with E-state index in [1.165, 1.54) is 6.08 Å². The van der Waals surface area contributed by atoms with E-state index in [9.17, 15) is 23.6 Å². The lowest BCUT2D eigenvalue weighted by atomic mass is 10.1. The van der Waals surface area contributed by atoms with Gasteiger partial charge in [-0.25, -0.2) is 13.6 Å². The van der Waals surface area contributed by atoms with E-state index in [0.29, 0.717) is 17.1 Å². The Morgan fingerprint density at radius 2 is 1.82 bits per heavy atom. The Labute approximate surface area is 190 Å². The lowest BCUT2D eigenvalue weighted by molar-refractivity contribution is -0.149. The minimum Gasteiger partial charge on any atom is -0.457 e. The second-order valence-electron chi connectivity index (χ2n) is 8.14. The van der Waals surface area contributed by atoms with E-state index in [-0.39, 0.29) is 5.92 Å². The van der Waals surface area contributed by atoms with Crippen molar-refractivity contribution >= 4 is 11.9 Å². The van der Waals surface area contributed by atoms with Gasteiger partial charge in [0.1, 0.15) is 17.6 Å². The Kier molecular flexibility index (Phi) is 7.44. The number of hydrogen-bond acceptors (Lipinski definition) is 6. The van der Waals surface area contributed by atoms with Gasteiger partial charge in [-0.2, -0.15) is 5.26 Å². The molecule has 8 heteroatoms. The van der Waals surface area contributed by atoms with Crippen molar-refractivity contribution in [2.24, 2.45) is 17.3 Å². The van der Waals surface area contributed by atoms with Gasteiger partial charge in [0.05, 0.1) is 5.92 Å². The number of rotatable bonds is 9. The first-order valence-electron chi connectivity index (χ1n) is 10.3. The van der Waals surface area contributed by atoms with Crippen molar-refractivity contribution in [1.82, 2.24) is 0 Å². The van der Waals surface area contributed by atoms with E-state index < -0.39 is 42.4 Å². The van der Waals surface area contributed by atoms with Gasteiger partial charge in [-0.3, -0.25) is 4.79 Å². The van der Waals surface area contributed by atoms with Crippen LogP contribution in [0.5, 0.6) is 11.5 Å². The number of ether oxygens (including phenoxy) is 3. The van der Waals surface area contributed by atoms with Crippen LogP contribution in [0.15, 0.2) is 66.7 Å². The fourth-order valence-corrected chi connectivity index (χ4v) is 3.59. The minimum atomic E-state index is -2.75. The van der Waals surface area contributed by atoms with Gasteiger partial charge in [-0.05, 0) is 35.6 Å². The average molecular weight is 455 g/mol. The molecule has 0 aliphatic heterocycles. The Hall–Kier alpha value is -3.73. The molecule has 1 unspecified atom stereocenters. The first-order valence-corrected chi connectivity index (χ1v) is 10.3. The maximum absolute atomic E-state index is 12.8. The van der Waals surface area contributed by atoms with Gasteiger partial charge in [0.25, 0.3) is 6.43 Å². The van der Waals surface area contributed by atoms with Crippen molar-refractivity contribution < 1.29 is 32.6 Å². The zero-order chi connectivity index (χ0) is 24.0. The third kappa shape index (κ3) is 6.16. The highest BCUT2D eigenvalue weighted by Crippen LogP contribution is 2.59. The first kappa shape index (κ1) is 23.9. The maximum atomic E-state index is 12.8. The zero-order valence-corrected chi connectivity index (χ0v) is 18.1. The fourth-order valence-electron chi connectivity index (χ4n) is 3.59. The second kappa shape index (κ2) is 10.3. The number of alkyl halides is 2. The number of nitriles is 1. The molecule has 33 heavy (non-hydrogen) atoms. The van der Waals surface area contributed by atoms with E-state index in [1.54, 1.807) is 36.4 Å². The lowest BCUT2D eigenvalue weighted by Gasteiger charge is -2.13. The van der Waals surface area contributed by atoms with E-state index in [1.807, 2.05) is 38.1 Å². The smallest absolute Gasteiger partial charge is 0.330 e. The Bertz CT molecular complexity index is 1060. The van der Waals surface area contributed by atoms with Crippen LogP contribution in [0.4, 0.5) is 8.78 Å². The number of nitrogens with zero attached hydrogens (tertiary/aromatic N) is 1. The van der Waals surface area contributed by atoms with Crippen LogP contribution in [-0.4, -0.2) is 25.0 Å². The van der Waals surface area contributed by atoms with Crippen molar-refractivity contribution in [3.05, 3.63) is 72.3 Å². The quantitative estimate of drug-likeness (QED) is 0.381. The van der Waals surface area contributed by atoms with Gasteiger partial charge in [0, 0.05) is 11.6 Å². The summed E-state index contributed by atoms with van der Waals surface area (Å²) in [6.45, 7) is 2.64. The summed E-state index contributed by atoms with van der Waals surface area (Å²) < 4.78 is 39.9. The molecule has 0 heterocycles. The van der Waals surface area contributed by atoms with Crippen molar-refractivity contribution in [3.63, 3.8) is 0 Å².